The molecule has 0 aromatic rings. The lowest BCUT2D eigenvalue weighted by Gasteiger charge is -2.38. The number of rotatable bonds is 3. The lowest BCUT2D eigenvalue weighted by molar-refractivity contribution is -0.258. The fourth-order valence-electron chi connectivity index (χ4n) is 1.23. The molecule has 1 heterocycles. The Morgan fingerprint density at radius 1 is 1.23 bits per heavy atom. The number of aliphatic hydroxyl groups excluding tert-OH is 2. The van der Waals surface area contributed by atoms with Crippen molar-refractivity contribution in [2.45, 2.75) is 20.1 Å². The third-order valence-corrected chi connectivity index (χ3v) is 2.32. The van der Waals surface area contributed by atoms with Crippen LogP contribution in [0, 0.1) is 11.3 Å². The smallest absolute Gasteiger partial charge is 0.159 e. The summed E-state index contributed by atoms with van der Waals surface area (Å²) in [6, 6.07) is 0. The van der Waals surface area contributed by atoms with Gasteiger partial charge in [-0.1, -0.05) is 13.8 Å². The van der Waals surface area contributed by atoms with Crippen molar-refractivity contribution in [1.82, 2.24) is 0 Å². The summed E-state index contributed by atoms with van der Waals surface area (Å²) in [6.07, 6.45) is -0.203. The maximum Gasteiger partial charge on any atom is 0.159 e. The van der Waals surface area contributed by atoms with Crippen LogP contribution in [0.5, 0.6) is 0 Å². The molecule has 0 radical (unpaired) electrons. The van der Waals surface area contributed by atoms with Gasteiger partial charge in [-0.05, 0) is 0 Å². The zero-order valence-electron chi connectivity index (χ0n) is 8.19. The third kappa shape index (κ3) is 2.40. The fourth-order valence-corrected chi connectivity index (χ4v) is 1.23. The second-order valence-corrected chi connectivity index (χ2v) is 4.05. The molecule has 0 saturated carbocycles. The molecule has 1 rings (SSSR count). The van der Waals surface area contributed by atoms with Crippen molar-refractivity contribution in [2.75, 3.05) is 26.4 Å². The van der Waals surface area contributed by atoms with Crippen LogP contribution < -0.4 is 0 Å². The van der Waals surface area contributed by atoms with Gasteiger partial charge in [-0.15, -0.1) is 0 Å². The van der Waals surface area contributed by atoms with E-state index in [4.69, 9.17) is 19.7 Å². The van der Waals surface area contributed by atoms with Crippen LogP contribution in [-0.2, 0) is 9.47 Å². The van der Waals surface area contributed by atoms with Crippen LogP contribution in [-0.4, -0.2) is 42.9 Å². The fraction of sp³-hybridized carbons (Fsp3) is 1.00. The average Bonchev–Trinajstić information content (AvgIpc) is 2.18. The first-order chi connectivity index (χ1) is 6.13. The lowest BCUT2D eigenvalue weighted by atomic mass is 9.91. The van der Waals surface area contributed by atoms with Gasteiger partial charge in [0.1, 0.15) is 0 Å². The highest BCUT2D eigenvalue weighted by molar-refractivity contribution is 4.80. The predicted octanol–water partition coefficient (Wildman–Crippen LogP) is -0.0137. The molecule has 1 fully saturated rings. The van der Waals surface area contributed by atoms with E-state index in [0.29, 0.717) is 19.1 Å². The van der Waals surface area contributed by atoms with Crippen LogP contribution in [0.15, 0.2) is 0 Å². The Hall–Kier alpha value is -0.160. The number of ether oxygens (including phenoxy) is 2. The molecule has 1 aliphatic heterocycles. The first kappa shape index (κ1) is 10.9. The van der Waals surface area contributed by atoms with E-state index in [2.05, 4.69) is 0 Å². The molecule has 0 spiro atoms. The van der Waals surface area contributed by atoms with Gasteiger partial charge in [-0.25, -0.2) is 0 Å². The zero-order valence-corrected chi connectivity index (χ0v) is 8.19. The van der Waals surface area contributed by atoms with Gasteiger partial charge in [0.15, 0.2) is 6.29 Å². The molecule has 0 aliphatic carbocycles. The van der Waals surface area contributed by atoms with E-state index >= 15 is 0 Å². The highest BCUT2D eigenvalue weighted by Gasteiger charge is 2.36. The standard InChI is InChI=1S/C9H18O4/c1-7(2)8-12-5-9(3-10,4-11)6-13-8/h7-8,10-11H,3-6H2,1-2H3. The summed E-state index contributed by atoms with van der Waals surface area (Å²) >= 11 is 0. The van der Waals surface area contributed by atoms with Gasteiger partial charge in [0.2, 0.25) is 0 Å². The van der Waals surface area contributed by atoms with Crippen LogP contribution in [0.2, 0.25) is 0 Å². The molecule has 0 aromatic carbocycles. The first-order valence-corrected chi connectivity index (χ1v) is 4.58. The van der Waals surface area contributed by atoms with Gasteiger partial charge >= 0.3 is 0 Å². The summed E-state index contributed by atoms with van der Waals surface area (Å²) in [5, 5.41) is 18.1. The van der Waals surface area contributed by atoms with Crippen LogP contribution >= 0.6 is 0 Å². The minimum Gasteiger partial charge on any atom is -0.396 e. The van der Waals surface area contributed by atoms with Crippen LogP contribution in [0.3, 0.4) is 0 Å². The second-order valence-electron chi connectivity index (χ2n) is 4.05. The zero-order chi connectivity index (χ0) is 9.90. The molecule has 13 heavy (non-hydrogen) atoms. The monoisotopic (exact) mass is 190 g/mol. The summed E-state index contributed by atoms with van der Waals surface area (Å²) in [7, 11) is 0. The van der Waals surface area contributed by atoms with Crippen molar-refractivity contribution < 1.29 is 19.7 Å². The molecule has 4 nitrogen and oxygen atoms in total. The van der Waals surface area contributed by atoms with Gasteiger partial charge in [0, 0.05) is 5.92 Å². The van der Waals surface area contributed by atoms with Crippen LogP contribution in [0.4, 0.5) is 0 Å². The molecule has 0 bridgehead atoms. The molecule has 0 unspecified atom stereocenters. The minimum absolute atomic E-state index is 0.103. The van der Waals surface area contributed by atoms with Gasteiger partial charge in [-0.2, -0.15) is 0 Å². The Morgan fingerprint density at radius 3 is 2.00 bits per heavy atom. The van der Waals surface area contributed by atoms with Crippen LogP contribution in [0.25, 0.3) is 0 Å². The molecular weight excluding hydrogens is 172 g/mol. The largest absolute Gasteiger partial charge is 0.396 e. The molecule has 1 aliphatic rings. The summed E-state index contributed by atoms with van der Waals surface area (Å²) in [5.41, 5.74) is -0.606. The predicted molar refractivity (Wildman–Crippen MR) is 47.1 cm³/mol. The average molecular weight is 190 g/mol. The van der Waals surface area contributed by atoms with Crippen molar-refractivity contribution in [3.63, 3.8) is 0 Å². The summed E-state index contributed by atoms with van der Waals surface area (Å²) in [4.78, 5) is 0. The molecule has 4 heteroatoms. The molecular formula is C9H18O4. The molecule has 2 N–H and O–H groups in total. The molecule has 1 saturated heterocycles. The van der Waals surface area contributed by atoms with Gasteiger partial charge in [-0.3, -0.25) is 0 Å². The van der Waals surface area contributed by atoms with Crippen molar-refractivity contribution in [3.05, 3.63) is 0 Å². The quantitative estimate of drug-likeness (QED) is 0.657. The number of hydrogen-bond acceptors (Lipinski definition) is 4. The Labute approximate surface area is 78.5 Å². The Kier molecular flexibility index (Phi) is 3.67. The normalized spacial score (nSPS) is 23.8. The SMILES string of the molecule is CC(C)C1OCC(CO)(CO)CO1. The lowest BCUT2D eigenvalue weighted by Crippen LogP contribution is -2.47. The molecule has 0 atom stereocenters. The molecule has 78 valence electrons. The maximum absolute atomic E-state index is 9.05. The summed E-state index contributed by atoms with van der Waals surface area (Å²) < 4.78 is 10.8. The van der Waals surface area contributed by atoms with E-state index < -0.39 is 5.41 Å². The Morgan fingerprint density at radius 2 is 1.69 bits per heavy atom. The Bertz CT molecular complexity index is 144. The summed E-state index contributed by atoms with van der Waals surface area (Å²) in [6.45, 7) is 4.54. The highest BCUT2D eigenvalue weighted by Crippen LogP contribution is 2.26. The molecule has 0 aromatic heterocycles. The van der Waals surface area contributed by atoms with Crippen molar-refractivity contribution in [1.29, 1.82) is 0 Å². The van der Waals surface area contributed by atoms with E-state index in [9.17, 15) is 0 Å². The van der Waals surface area contributed by atoms with E-state index in [0.717, 1.165) is 0 Å². The topological polar surface area (TPSA) is 58.9 Å². The van der Waals surface area contributed by atoms with E-state index in [1.165, 1.54) is 0 Å². The van der Waals surface area contributed by atoms with Gasteiger partial charge in [0.05, 0.1) is 31.8 Å². The highest BCUT2D eigenvalue weighted by atomic mass is 16.7. The van der Waals surface area contributed by atoms with Crippen LogP contribution in [0.1, 0.15) is 13.8 Å². The van der Waals surface area contributed by atoms with Crippen molar-refractivity contribution in [3.8, 4) is 0 Å². The van der Waals surface area contributed by atoms with Crippen molar-refractivity contribution >= 4 is 0 Å². The van der Waals surface area contributed by atoms with Crippen molar-refractivity contribution in [2.24, 2.45) is 11.3 Å². The minimum atomic E-state index is -0.606. The first-order valence-electron chi connectivity index (χ1n) is 4.58. The number of aliphatic hydroxyl groups is 2. The number of hydrogen-bond donors (Lipinski definition) is 2. The van der Waals surface area contributed by atoms with Gasteiger partial charge in [0.25, 0.3) is 0 Å². The second kappa shape index (κ2) is 4.37. The Balaban J connectivity index is 2.45. The van der Waals surface area contributed by atoms with E-state index in [1.54, 1.807) is 0 Å². The van der Waals surface area contributed by atoms with E-state index in [-0.39, 0.29) is 19.5 Å². The maximum atomic E-state index is 9.05. The van der Waals surface area contributed by atoms with E-state index in [1.807, 2.05) is 13.8 Å². The third-order valence-electron chi connectivity index (χ3n) is 2.32. The summed E-state index contributed by atoms with van der Waals surface area (Å²) in [5.74, 6) is 0.301. The van der Waals surface area contributed by atoms with Gasteiger partial charge < -0.3 is 19.7 Å². The molecule has 0 amide bonds.